The number of nitrogen functional groups attached to an aromatic ring is 1. The minimum atomic E-state index is -0.624. The molecule has 0 bridgehead atoms. The number of amides is 1. The lowest BCUT2D eigenvalue weighted by molar-refractivity contribution is 0.0560. The van der Waals surface area contributed by atoms with Crippen LogP contribution in [0.3, 0.4) is 0 Å². The minimum Gasteiger partial charge on any atom is -0.490 e. The van der Waals surface area contributed by atoms with Crippen molar-refractivity contribution < 1.29 is 32.8 Å². The van der Waals surface area contributed by atoms with Crippen LogP contribution >= 0.6 is 0 Å². The molecule has 0 radical (unpaired) electrons. The molecule has 0 saturated carbocycles. The molecule has 0 fully saturated rings. The Morgan fingerprint density at radius 3 is 2.64 bits per heavy atom. The fraction of sp³-hybridized carbons (Fsp3) is 0.148. The molecule has 214 valence electrons. The van der Waals surface area contributed by atoms with Crippen LogP contribution in [0, 0.1) is 0 Å². The molecule has 3 heterocycles. The quantitative estimate of drug-likeness (QED) is 0.134. The van der Waals surface area contributed by atoms with Gasteiger partial charge in [0.15, 0.2) is 17.2 Å². The van der Waals surface area contributed by atoms with E-state index in [0.717, 1.165) is 0 Å². The summed E-state index contributed by atoms with van der Waals surface area (Å²) in [5.41, 5.74) is 9.85. The zero-order valence-electron chi connectivity index (χ0n) is 22.4. The first-order valence-electron chi connectivity index (χ1n) is 12.5. The SMILES string of the molecule is CCOc1cc(/C=N/NC(=O)c2nnn(-c3nonc3N)c2-c2ccccc2)ccc1OCc1ccc(C(=O)OC)o1. The van der Waals surface area contributed by atoms with E-state index in [0.29, 0.717) is 40.7 Å². The van der Waals surface area contributed by atoms with E-state index in [4.69, 9.17) is 19.6 Å². The normalized spacial score (nSPS) is 11.0. The van der Waals surface area contributed by atoms with E-state index in [-0.39, 0.29) is 29.7 Å². The van der Waals surface area contributed by atoms with E-state index in [2.05, 4.69) is 40.5 Å². The first-order chi connectivity index (χ1) is 20.5. The van der Waals surface area contributed by atoms with Crippen molar-refractivity contribution in [1.82, 2.24) is 30.7 Å². The predicted molar refractivity (Wildman–Crippen MR) is 146 cm³/mol. The lowest BCUT2D eigenvalue weighted by Gasteiger charge is -2.11. The van der Waals surface area contributed by atoms with Gasteiger partial charge in [0.05, 0.1) is 19.9 Å². The van der Waals surface area contributed by atoms with Crippen LogP contribution in [0.5, 0.6) is 11.5 Å². The van der Waals surface area contributed by atoms with Gasteiger partial charge >= 0.3 is 5.97 Å². The van der Waals surface area contributed by atoms with Gasteiger partial charge in [-0.05, 0) is 53.1 Å². The Labute approximate surface area is 237 Å². The number of carbonyl (C=O) groups is 2. The molecule has 0 aliphatic carbocycles. The first-order valence-corrected chi connectivity index (χ1v) is 12.5. The van der Waals surface area contributed by atoms with Crippen LogP contribution in [0.25, 0.3) is 17.1 Å². The van der Waals surface area contributed by atoms with Crippen molar-refractivity contribution in [3.8, 4) is 28.6 Å². The topological polar surface area (TPSA) is 195 Å². The number of nitrogens with zero attached hydrogens (tertiary/aromatic N) is 6. The Balaban J connectivity index is 1.31. The maximum Gasteiger partial charge on any atom is 0.373 e. The monoisotopic (exact) mass is 572 g/mol. The van der Waals surface area contributed by atoms with E-state index >= 15 is 0 Å². The Morgan fingerprint density at radius 2 is 1.90 bits per heavy atom. The molecule has 0 aliphatic heterocycles. The predicted octanol–water partition coefficient (Wildman–Crippen LogP) is 3.02. The summed E-state index contributed by atoms with van der Waals surface area (Å²) in [6.07, 6.45) is 1.44. The zero-order chi connectivity index (χ0) is 29.5. The lowest BCUT2D eigenvalue weighted by atomic mass is 10.1. The molecule has 0 aliphatic rings. The van der Waals surface area contributed by atoms with Gasteiger partial charge in [0.2, 0.25) is 17.4 Å². The Kier molecular flexibility index (Phi) is 8.18. The van der Waals surface area contributed by atoms with E-state index in [1.807, 2.05) is 13.0 Å². The van der Waals surface area contributed by atoms with Crippen LogP contribution in [0.2, 0.25) is 0 Å². The highest BCUT2D eigenvalue weighted by molar-refractivity contribution is 5.98. The highest BCUT2D eigenvalue weighted by atomic mass is 16.6. The number of nitrogens with one attached hydrogen (secondary N) is 1. The third-order valence-corrected chi connectivity index (χ3v) is 5.69. The van der Waals surface area contributed by atoms with E-state index in [1.165, 1.54) is 24.1 Å². The van der Waals surface area contributed by atoms with Gasteiger partial charge in [0.1, 0.15) is 18.1 Å². The van der Waals surface area contributed by atoms with Crippen molar-refractivity contribution in [3.05, 3.63) is 83.4 Å². The average molecular weight is 573 g/mol. The summed E-state index contributed by atoms with van der Waals surface area (Å²) in [5, 5.41) is 19.4. The smallest absolute Gasteiger partial charge is 0.373 e. The zero-order valence-corrected chi connectivity index (χ0v) is 22.4. The second kappa shape index (κ2) is 12.5. The highest BCUT2D eigenvalue weighted by Gasteiger charge is 2.25. The molecule has 5 aromatic rings. The number of hydrogen-bond donors (Lipinski definition) is 2. The molecule has 0 spiro atoms. The summed E-state index contributed by atoms with van der Waals surface area (Å²) in [6.45, 7) is 2.27. The third kappa shape index (κ3) is 5.94. The number of ether oxygens (including phenoxy) is 3. The number of hydrogen-bond acceptors (Lipinski definition) is 13. The Hall–Kier alpha value is -5.99. The van der Waals surface area contributed by atoms with E-state index in [1.54, 1.807) is 48.5 Å². The summed E-state index contributed by atoms with van der Waals surface area (Å²) in [5.74, 6) is 0.264. The third-order valence-electron chi connectivity index (χ3n) is 5.69. The van der Waals surface area contributed by atoms with E-state index < -0.39 is 11.9 Å². The molecule has 0 atom stereocenters. The van der Waals surface area contributed by atoms with Crippen LogP contribution in [0.1, 0.15) is 39.3 Å². The second-order valence-corrected chi connectivity index (χ2v) is 8.42. The average Bonchev–Trinajstić information content (AvgIpc) is 3.76. The number of methoxy groups -OCH3 is 1. The largest absolute Gasteiger partial charge is 0.490 e. The lowest BCUT2D eigenvalue weighted by Crippen LogP contribution is -2.19. The molecule has 42 heavy (non-hydrogen) atoms. The number of hydrazone groups is 1. The van der Waals surface area contributed by atoms with E-state index in [9.17, 15) is 9.59 Å². The number of furan rings is 1. The summed E-state index contributed by atoms with van der Waals surface area (Å²) >= 11 is 0. The molecule has 3 aromatic heterocycles. The molecular weight excluding hydrogens is 548 g/mol. The molecule has 5 rings (SSSR count). The van der Waals surface area contributed by atoms with Crippen molar-refractivity contribution in [3.63, 3.8) is 0 Å². The van der Waals surface area contributed by atoms with Crippen molar-refractivity contribution in [2.24, 2.45) is 5.10 Å². The molecule has 3 N–H and O–H groups in total. The summed E-state index contributed by atoms with van der Waals surface area (Å²) in [7, 11) is 1.27. The van der Waals surface area contributed by atoms with Gasteiger partial charge in [0.25, 0.3) is 5.91 Å². The second-order valence-electron chi connectivity index (χ2n) is 8.42. The van der Waals surface area contributed by atoms with Crippen LogP contribution in [0.4, 0.5) is 5.82 Å². The number of carbonyl (C=O) groups excluding carboxylic acids is 2. The summed E-state index contributed by atoms with van der Waals surface area (Å²) < 4.78 is 27.6. The molecule has 2 aromatic carbocycles. The van der Waals surface area contributed by atoms with Gasteiger partial charge in [-0.25, -0.2) is 14.8 Å². The van der Waals surface area contributed by atoms with Crippen molar-refractivity contribution >= 4 is 23.9 Å². The molecule has 0 unspecified atom stereocenters. The van der Waals surface area contributed by atoms with Gasteiger partial charge in [-0.1, -0.05) is 35.5 Å². The minimum absolute atomic E-state index is 0.0188. The van der Waals surface area contributed by atoms with Gasteiger partial charge < -0.3 is 24.4 Å². The first kappa shape index (κ1) is 27.6. The Morgan fingerprint density at radius 1 is 1.07 bits per heavy atom. The molecule has 0 saturated heterocycles. The molecule has 15 nitrogen and oxygen atoms in total. The van der Waals surface area contributed by atoms with Crippen LogP contribution in [-0.4, -0.2) is 57.1 Å². The fourth-order valence-corrected chi connectivity index (χ4v) is 3.80. The number of nitrogens with two attached hydrogens (primary N) is 1. The van der Waals surface area contributed by atoms with Crippen molar-refractivity contribution in [2.45, 2.75) is 13.5 Å². The van der Waals surface area contributed by atoms with Gasteiger partial charge in [-0.15, -0.1) is 5.10 Å². The maximum atomic E-state index is 13.1. The number of benzene rings is 2. The molecule has 15 heteroatoms. The Bertz CT molecular complexity index is 1730. The maximum absolute atomic E-state index is 13.1. The van der Waals surface area contributed by atoms with Gasteiger partial charge in [-0.2, -0.15) is 9.78 Å². The van der Waals surface area contributed by atoms with Gasteiger partial charge in [0, 0.05) is 5.56 Å². The number of anilines is 1. The van der Waals surface area contributed by atoms with Crippen molar-refractivity contribution in [2.75, 3.05) is 19.5 Å². The van der Waals surface area contributed by atoms with Crippen LogP contribution < -0.4 is 20.6 Å². The molecular formula is C27H24N8O7. The number of rotatable bonds is 11. The standard InChI is InChI=1S/C27H24N8O7/c1-3-39-21-13-16(9-11-19(21)40-15-18-10-12-20(41-18)27(37)38-2)14-29-31-26(36)22-23(17-7-5-4-6-8-17)35(34-30-22)25-24(28)32-42-33-25/h4-14H,3,15H2,1-2H3,(H2,28,32)(H,31,36)/b29-14+. The number of esters is 1. The highest BCUT2D eigenvalue weighted by Crippen LogP contribution is 2.29. The summed E-state index contributed by atoms with van der Waals surface area (Å²) in [4.78, 5) is 24.7. The summed E-state index contributed by atoms with van der Waals surface area (Å²) in [6, 6.07) is 17.2. The van der Waals surface area contributed by atoms with Crippen molar-refractivity contribution in [1.29, 1.82) is 0 Å². The van der Waals surface area contributed by atoms with Crippen LogP contribution in [-0.2, 0) is 11.3 Å². The van der Waals surface area contributed by atoms with Gasteiger partial charge in [-0.3, -0.25) is 4.79 Å². The fourth-order valence-electron chi connectivity index (χ4n) is 3.80. The van der Waals surface area contributed by atoms with Crippen LogP contribution in [0.15, 0.2) is 74.8 Å². The number of aromatic nitrogens is 5. The molecule has 1 amide bonds.